The molecule has 0 fully saturated rings. The van der Waals surface area contributed by atoms with E-state index in [2.05, 4.69) is 38.2 Å². The lowest BCUT2D eigenvalue weighted by Crippen LogP contribution is -2.13. The van der Waals surface area contributed by atoms with Gasteiger partial charge in [-0.3, -0.25) is 4.79 Å². The van der Waals surface area contributed by atoms with E-state index in [1.807, 2.05) is 13.0 Å². The van der Waals surface area contributed by atoms with Gasteiger partial charge in [-0.2, -0.15) is 0 Å². The highest BCUT2D eigenvalue weighted by molar-refractivity contribution is 5.46. The van der Waals surface area contributed by atoms with E-state index in [9.17, 15) is 9.90 Å². The van der Waals surface area contributed by atoms with Crippen molar-refractivity contribution in [2.75, 3.05) is 39.6 Å². The van der Waals surface area contributed by atoms with Crippen molar-refractivity contribution in [3.8, 4) is 5.75 Å². The largest absolute Gasteiger partial charge is 0.507 e. The topological polar surface area (TPSA) is 74.2 Å². The fourth-order valence-corrected chi connectivity index (χ4v) is 2.65. The summed E-state index contributed by atoms with van der Waals surface area (Å²) >= 11 is 0. The molecule has 0 bridgehead atoms. The Morgan fingerprint density at radius 1 is 1.07 bits per heavy atom. The highest BCUT2D eigenvalue weighted by Crippen LogP contribution is 2.34. The third kappa shape index (κ3) is 9.24. The smallest absolute Gasteiger partial charge is 0.293 e. The molecule has 1 aromatic carbocycles. The number of aromatic hydroxyl groups is 1. The quantitative estimate of drug-likeness (QED) is 0.295. The van der Waals surface area contributed by atoms with Crippen LogP contribution in [0.3, 0.4) is 0 Å². The summed E-state index contributed by atoms with van der Waals surface area (Å²) in [6.07, 6.45) is 1.52. The Labute approximate surface area is 168 Å². The average molecular weight is 395 g/mol. The second kappa shape index (κ2) is 12.4. The van der Waals surface area contributed by atoms with Crippen LogP contribution in [0.2, 0.25) is 0 Å². The van der Waals surface area contributed by atoms with Crippen LogP contribution in [0.4, 0.5) is 0 Å². The number of phenolic OH excluding ortho intramolecular Hbond substituents is 1. The summed E-state index contributed by atoms with van der Waals surface area (Å²) in [4.78, 5) is 9.94. The highest BCUT2D eigenvalue weighted by atomic mass is 16.6. The molecule has 0 amide bonds. The lowest BCUT2D eigenvalue weighted by atomic mass is 9.83. The minimum absolute atomic E-state index is 0.110. The number of benzene rings is 1. The number of hydrogen-bond acceptors (Lipinski definition) is 6. The second-order valence-corrected chi connectivity index (χ2v) is 7.64. The van der Waals surface area contributed by atoms with Gasteiger partial charge in [-0.25, -0.2) is 0 Å². The van der Waals surface area contributed by atoms with Gasteiger partial charge in [-0.05, 0) is 35.4 Å². The van der Waals surface area contributed by atoms with Crippen LogP contribution < -0.4 is 0 Å². The first-order valence-corrected chi connectivity index (χ1v) is 9.60. The molecule has 0 aliphatic carbocycles. The average Bonchev–Trinajstić information content (AvgIpc) is 2.63. The highest BCUT2D eigenvalue weighted by Gasteiger charge is 2.20. The molecule has 6 heteroatoms. The van der Waals surface area contributed by atoms with Gasteiger partial charge in [-0.15, -0.1) is 0 Å². The van der Waals surface area contributed by atoms with E-state index in [-0.39, 0.29) is 12.0 Å². The van der Waals surface area contributed by atoms with Gasteiger partial charge in [0, 0.05) is 6.42 Å². The molecular formula is C22H34O6. The zero-order valence-electron chi connectivity index (χ0n) is 17.6. The number of phenols is 1. The van der Waals surface area contributed by atoms with E-state index in [0.29, 0.717) is 57.4 Å². The first kappa shape index (κ1) is 24.0. The lowest BCUT2D eigenvalue weighted by Gasteiger charge is -2.22. The van der Waals surface area contributed by atoms with E-state index >= 15 is 0 Å². The lowest BCUT2D eigenvalue weighted by molar-refractivity contribution is -0.130. The number of carbonyl (C=O) groups excluding carboxylic acids is 1. The van der Waals surface area contributed by atoms with E-state index < -0.39 is 0 Å². The Bertz CT molecular complexity index is 618. The van der Waals surface area contributed by atoms with E-state index in [0.717, 1.165) is 23.1 Å². The number of carbonyl (C=O) groups is 1. The predicted octanol–water partition coefficient (Wildman–Crippen LogP) is 3.67. The number of ether oxygens (including phenoxy) is 4. The van der Waals surface area contributed by atoms with Crippen LogP contribution in [0, 0.1) is 6.92 Å². The van der Waals surface area contributed by atoms with Gasteiger partial charge in [0.1, 0.15) is 19.0 Å². The number of hydrogen-bond donors (Lipinski definition) is 1. The molecule has 1 N–H and O–H groups in total. The van der Waals surface area contributed by atoms with Crippen LogP contribution in [0.15, 0.2) is 24.5 Å². The van der Waals surface area contributed by atoms with Crippen LogP contribution in [-0.4, -0.2) is 51.2 Å². The molecule has 0 heterocycles. The van der Waals surface area contributed by atoms with E-state index in [1.54, 1.807) is 0 Å². The normalized spacial score (nSPS) is 11.3. The minimum Gasteiger partial charge on any atom is -0.507 e. The summed E-state index contributed by atoms with van der Waals surface area (Å²) < 4.78 is 20.7. The van der Waals surface area contributed by atoms with Crippen molar-refractivity contribution in [3.05, 3.63) is 41.2 Å². The Morgan fingerprint density at radius 2 is 1.68 bits per heavy atom. The molecule has 0 atom stereocenters. The Balaban J connectivity index is 2.23. The molecule has 28 heavy (non-hydrogen) atoms. The molecule has 6 nitrogen and oxygen atoms in total. The van der Waals surface area contributed by atoms with Gasteiger partial charge < -0.3 is 24.1 Å². The summed E-state index contributed by atoms with van der Waals surface area (Å²) in [5, 5.41) is 10.3. The van der Waals surface area contributed by atoms with Crippen molar-refractivity contribution in [2.45, 2.75) is 46.0 Å². The van der Waals surface area contributed by atoms with Crippen molar-refractivity contribution < 1.29 is 28.8 Å². The summed E-state index contributed by atoms with van der Waals surface area (Å²) in [6.45, 7) is 15.0. The van der Waals surface area contributed by atoms with Crippen molar-refractivity contribution in [1.29, 1.82) is 0 Å². The molecule has 0 saturated carbocycles. The maximum Gasteiger partial charge on any atom is 0.293 e. The molecule has 158 valence electrons. The first-order chi connectivity index (χ1) is 13.3. The maximum atomic E-state index is 10.3. The van der Waals surface area contributed by atoms with Crippen LogP contribution in [0.1, 0.15) is 43.9 Å². The maximum absolute atomic E-state index is 10.3. The molecule has 1 aromatic rings. The van der Waals surface area contributed by atoms with Crippen molar-refractivity contribution in [2.24, 2.45) is 0 Å². The van der Waals surface area contributed by atoms with Crippen molar-refractivity contribution >= 4 is 6.47 Å². The van der Waals surface area contributed by atoms with Gasteiger partial charge >= 0.3 is 0 Å². The fourth-order valence-electron chi connectivity index (χ4n) is 2.65. The second-order valence-electron chi connectivity index (χ2n) is 7.64. The third-order valence-electron chi connectivity index (χ3n) is 4.18. The zero-order chi connectivity index (χ0) is 21.0. The fraction of sp³-hybridized carbons (Fsp3) is 0.591. The summed E-state index contributed by atoms with van der Waals surface area (Å²) in [5.41, 5.74) is 2.91. The van der Waals surface area contributed by atoms with Crippen LogP contribution in [0.5, 0.6) is 5.75 Å². The summed E-state index contributed by atoms with van der Waals surface area (Å²) in [6, 6.07) is 4.08. The predicted molar refractivity (Wildman–Crippen MR) is 109 cm³/mol. The van der Waals surface area contributed by atoms with Gasteiger partial charge in [0.25, 0.3) is 6.47 Å². The third-order valence-corrected chi connectivity index (χ3v) is 4.18. The molecule has 0 spiro atoms. The first-order valence-electron chi connectivity index (χ1n) is 9.60. The molecule has 0 aliphatic rings. The van der Waals surface area contributed by atoms with Gasteiger partial charge in [0.15, 0.2) is 0 Å². The van der Waals surface area contributed by atoms with Gasteiger partial charge in [0.2, 0.25) is 0 Å². The zero-order valence-corrected chi connectivity index (χ0v) is 17.6. The van der Waals surface area contributed by atoms with Gasteiger partial charge in [0.05, 0.1) is 32.2 Å². The molecule has 0 unspecified atom stereocenters. The van der Waals surface area contributed by atoms with Crippen molar-refractivity contribution in [3.63, 3.8) is 0 Å². The molecular weight excluding hydrogens is 360 g/mol. The summed E-state index contributed by atoms with van der Waals surface area (Å²) in [5.74, 6) is 1.10. The Morgan fingerprint density at radius 3 is 2.29 bits per heavy atom. The molecule has 0 aliphatic heterocycles. The van der Waals surface area contributed by atoms with E-state index in [1.165, 1.54) is 0 Å². The minimum atomic E-state index is -0.110. The molecule has 0 saturated heterocycles. The Kier molecular flexibility index (Phi) is 10.6. The SMILES string of the molecule is C=C(CCc1cc(C)c(O)c(C(C)(C)C)c1)OCCOCCOCCOC=O. The summed E-state index contributed by atoms with van der Waals surface area (Å²) in [7, 11) is 0. The van der Waals surface area contributed by atoms with Gasteiger partial charge in [-0.1, -0.05) is 39.5 Å². The standard InChI is InChI=1S/C22H34O6/c1-17-14-19(15-20(21(17)24)22(3,4)5)7-6-18(2)28-13-12-26-9-8-25-10-11-27-16-23/h14-16,24H,2,6-13H2,1,3-5H3. The number of aryl methyl sites for hydroxylation is 2. The number of rotatable bonds is 14. The van der Waals surface area contributed by atoms with Crippen molar-refractivity contribution in [1.82, 2.24) is 0 Å². The monoisotopic (exact) mass is 394 g/mol. The van der Waals surface area contributed by atoms with E-state index in [4.69, 9.17) is 14.2 Å². The molecule has 0 radical (unpaired) electrons. The van der Waals surface area contributed by atoms with Crippen LogP contribution >= 0.6 is 0 Å². The number of allylic oxidation sites excluding steroid dienone is 1. The Hall–Kier alpha value is -2.05. The van der Waals surface area contributed by atoms with Crippen LogP contribution in [0.25, 0.3) is 0 Å². The van der Waals surface area contributed by atoms with Crippen LogP contribution in [-0.2, 0) is 35.6 Å². The molecule has 1 rings (SSSR count). The molecule has 0 aromatic heterocycles.